The van der Waals surface area contributed by atoms with Gasteiger partial charge in [0.2, 0.25) is 0 Å². The number of benzene rings is 2. The third-order valence-corrected chi connectivity index (χ3v) is 8.20. The molecule has 3 aromatic heterocycles. The van der Waals surface area contributed by atoms with Crippen molar-refractivity contribution in [2.24, 2.45) is 5.73 Å². The van der Waals surface area contributed by atoms with Gasteiger partial charge in [-0.05, 0) is 54.7 Å². The number of primary amides is 1. The zero-order valence-corrected chi connectivity index (χ0v) is 23.0. The fourth-order valence-electron chi connectivity index (χ4n) is 6.02. The molecule has 3 N–H and O–H groups in total. The zero-order chi connectivity index (χ0) is 29.0. The number of nitrogens with zero attached hydrogens (tertiary/aromatic N) is 4. The van der Waals surface area contributed by atoms with E-state index in [-0.39, 0.29) is 11.5 Å². The molecule has 0 saturated carbocycles. The van der Waals surface area contributed by atoms with Gasteiger partial charge in [0.15, 0.2) is 0 Å². The molecule has 4 heterocycles. The lowest BCUT2D eigenvalue weighted by Crippen LogP contribution is -2.41. The average molecular weight is 561 g/mol. The summed E-state index contributed by atoms with van der Waals surface area (Å²) >= 11 is 0. The van der Waals surface area contributed by atoms with Crippen molar-refractivity contribution in [1.82, 2.24) is 24.4 Å². The number of carbonyl (C=O) groups excluding carboxylic acids is 2. The Kier molecular flexibility index (Phi) is 6.20. The molecule has 10 heteroatoms. The molecule has 2 aliphatic rings. The third-order valence-electron chi connectivity index (χ3n) is 8.20. The highest BCUT2D eigenvalue weighted by Gasteiger charge is 2.23. The van der Waals surface area contributed by atoms with Crippen molar-refractivity contribution in [2.75, 3.05) is 26.3 Å². The molecule has 0 unspecified atom stereocenters. The fourth-order valence-corrected chi connectivity index (χ4v) is 6.02. The highest BCUT2D eigenvalue weighted by molar-refractivity contribution is 6.20. The van der Waals surface area contributed by atoms with E-state index in [2.05, 4.69) is 15.0 Å². The van der Waals surface area contributed by atoms with E-state index in [0.29, 0.717) is 59.8 Å². The molecular weight excluding hydrogens is 532 g/mol. The minimum Gasteiger partial charge on any atom is -0.378 e. The van der Waals surface area contributed by atoms with Crippen molar-refractivity contribution in [3.63, 3.8) is 0 Å². The van der Waals surface area contributed by atoms with E-state index >= 15 is 0 Å². The Morgan fingerprint density at radius 2 is 1.90 bits per heavy atom. The minimum atomic E-state index is -0.569. The number of H-pyrrole nitrogens is 1. The van der Waals surface area contributed by atoms with Crippen LogP contribution in [0.15, 0.2) is 59.8 Å². The van der Waals surface area contributed by atoms with Gasteiger partial charge in [-0.15, -0.1) is 0 Å². The first-order valence-electron chi connectivity index (χ1n) is 13.9. The number of morpholine rings is 1. The van der Waals surface area contributed by atoms with Gasteiger partial charge in [-0.25, -0.2) is 9.97 Å². The van der Waals surface area contributed by atoms with Crippen LogP contribution in [-0.2, 0) is 11.2 Å². The van der Waals surface area contributed by atoms with Crippen LogP contribution in [0.4, 0.5) is 0 Å². The molecule has 0 atom stereocenters. The van der Waals surface area contributed by atoms with E-state index in [9.17, 15) is 14.4 Å². The number of aryl methyl sites for hydroxylation is 1. The molecule has 1 fully saturated rings. The normalized spacial score (nSPS) is 14.8. The number of hydrogen-bond acceptors (Lipinski definition) is 6. The van der Waals surface area contributed by atoms with Crippen LogP contribution in [0.2, 0.25) is 0 Å². The number of fused-ring (bicyclic) bond motifs is 4. The average Bonchev–Trinajstić information content (AvgIpc) is 3.40. The molecule has 210 valence electrons. The monoisotopic (exact) mass is 560 g/mol. The highest BCUT2D eigenvalue weighted by Crippen LogP contribution is 2.39. The maximum atomic E-state index is 13.5. The van der Waals surface area contributed by atoms with Crippen LogP contribution < -0.4 is 11.3 Å². The summed E-state index contributed by atoms with van der Waals surface area (Å²) in [5.41, 5.74) is 12.2. The summed E-state index contributed by atoms with van der Waals surface area (Å²) in [5, 5.41) is 1.50. The number of hydrogen-bond donors (Lipinski definition) is 2. The van der Waals surface area contributed by atoms with Gasteiger partial charge < -0.3 is 20.4 Å². The number of carbonyl (C=O) groups is 2. The van der Waals surface area contributed by atoms with E-state index in [1.54, 1.807) is 34.1 Å². The number of rotatable bonds is 4. The number of nitrogens with one attached hydrogen (secondary N) is 1. The molecule has 1 aliphatic carbocycles. The van der Waals surface area contributed by atoms with Gasteiger partial charge in [-0.3, -0.25) is 19.0 Å². The van der Waals surface area contributed by atoms with Gasteiger partial charge in [0.1, 0.15) is 12.0 Å². The smallest absolute Gasteiger partial charge is 0.272 e. The largest absolute Gasteiger partial charge is 0.378 e. The van der Waals surface area contributed by atoms with Gasteiger partial charge in [0.05, 0.1) is 53.0 Å². The summed E-state index contributed by atoms with van der Waals surface area (Å²) in [5.74, 6) is -0.741. The summed E-state index contributed by atoms with van der Waals surface area (Å²) < 4.78 is 6.98. The van der Waals surface area contributed by atoms with Crippen LogP contribution >= 0.6 is 0 Å². The Morgan fingerprint density at radius 3 is 2.71 bits per heavy atom. The van der Waals surface area contributed by atoms with Gasteiger partial charge in [-0.1, -0.05) is 30.4 Å². The van der Waals surface area contributed by atoms with Gasteiger partial charge in [0, 0.05) is 23.9 Å². The summed E-state index contributed by atoms with van der Waals surface area (Å²) in [6.45, 7) is 3.94. The predicted octanol–water partition coefficient (Wildman–Crippen LogP) is 3.77. The zero-order valence-electron chi connectivity index (χ0n) is 23.0. The van der Waals surface area contributed by atoms with E-state index < -0.39 is 5.91 Å². The first kappa shape index (κ1) is 25.8. The summed E-state index contributed by atoms with van der Waals surface area (Å²) in [6.07, 6.45) is 8.68. The van der Waals surface area contributed by atoms with Gasteiger partial charge >= 0.3 is 0 Å². The van der Waals surface area contributed by atoms with Crippen molar-refractivity contribution >= 4 is 39.7 Å². The number of aromatic nitrogens is 4. The van der Waals surface area contributed by atoms with Crippen molar-refractivity contribution in [1.29, 1.82) is 0 Å². The van der Waals surface area contributed by atoms with Crippen LogP contribution in [0.5, 0.6) is 0 Å². The summed E-state index contributed by atoms with van der Waals surface area (Å²) in [4.78, 5) is 53.3. The predicted molar refractivity (Wildman–Crippen MR) is 160 cm³/mol. The molecule has 0 spiro atoms. The second-order valence-electron chi connectivity index (χ2n) is 10.6. The standard InChI is InChI=1S/C32H28N6O4/c1-18-19(6-4-8-27(18)38-17-35-24-7-3-2-5-21(24)31(38)40)20-9-10-22(30(33)39)29-28(20)23-15-25(34-16-26(23)36-29)32(41)37-11-13-42-14-12-37/h2,4-6,8-10,15-17,36H,3,7,11-14H2,1H3,(H2,33,39). The van der Waals surface area contributed by atoms with E-state index in [0.717, 1.165) is 46.0 Å². The van der Waals surface area contributed by atoms with Gasteiger partial charge in [-0.2, -0.15) is 0 Å². The Labute approximate surface area is 240 Å². The Morgan fingerprint density at radius 1 is 1.07 bits per heavy atom. The molecule has 7 rings (SSSR count). The van der Waals surface area contributed by atoms with E-state index in [1.807, 2.05) is 43.3 Å². The quantitative estimate of drug-likeness (QED) is 0.344. The molecule has 0 radical (unpaired) electrons. The number of aromatic amines is 1. The molecule has 2 aromatic carbocycles. The maximum Gasteiger partial charge on any atom is 0.272 e. The lowest BCUT2D eigenvalue weighted by Gasteiger charge is -2.26. The molecule has 10 nitrogen and oxygen atoms in total. The van der Waals surface area contributed by atoms with Crippen LogP contribution in [0.25, 0.3) is 44.7 Å². The second kappa shape index (κ2) is 10.1. The van der Waals surface area contributed by atoms with Crippen LogP contribution in [-0.4, -0.2) is 62.5 Å². The number of nitrogens with two attached hydrogens (primary N) is 1. The molecule has 1 saturated heterocycles. The van der Waals surface area contributed by atoms with Crippen LogP contribution in [0.3, 0.4) is 0 Å². The first-order chi connectivity index (χ1) is 20.4. The first-order valence-corrected chi connectivity index (χ1v) is 13.9. The lowest BCUT2D eigenvalue weighted by atomic mass is 9.93. The fraction of sp³-hybridized carbons (Fsp3) is 0.219. The number of ether oxygens (including phenoxy) is 1. The molecule has 5 aromatic rings. The van der Waals surface area contributed by atoms with Crippen LogP contribution in [0, 0.1) is 6.92 Å². The molecular formula is C32H28N6O4. The van der Waals surface area contributed by atoms with Crippen molar-refractivity contribution in [3.8, 4) is 16.8 Å². The summed E-state index contributed by atoms with van der Waals surface area (Å²) in [7, 11) is 0. The lowest BCUT2D eigenvalue weighted by molar-refractivity contribution is 0.0299. The minimum absolute atomic E-state index is 0.116. The topological polar surface area (TPSA) is 136 Å². The van der Waals surface area contributed by atoms with Gasteiger partial charge in [0.25, 0.3) is 17.4 Å². The highest BCUT2D eigenvalue weighted by atomic mass is 16.5. The number of amides is 2. The number of pyridine rings is 1. The number of allylic oxidation sites excluding steroid dienone is 1. The van der Waals surface area contributed by atoms with Crippen molar-refractivity contribution in [2.45, 2.75) is 19.8 Å². The molecule has 0 bridgehead atoms. The second-order valence-corrected chi connectivity index (χ2v) is 10.6. The SMILES string of the molecule is Cc1c(-c2ccc(C(N)=O)c3[nH]c4cnc(C(=O)N5CCOCC5)cc4c23)cccc1-n1cnc2c(c1=O)C=CCC2. The third kappa shape index (κ3) is 4.10. The van der Waals surface area contributed by atoms with Crippen molar-refractivity contribution < 1.29 is 14.3 Å². The van der Waals surface area contributed by atoms with Crippen LogP contribution in [0.1, 0.15) is 44.1 Å². The van der Waals surface area contributed by atoms with E-state index in [4.69, 9.17) is 10.5 Å². The molecule has 2 amide bonds. The molecule has 1 aliphatic heterocycles. The molecule has 42 heavy (non-hydrogen) atoms. The summed E-state index contributed by atoms with van der Waals surface area (Å²) in [6, 6.07) is 11.1. The van der Waals surface area contributed by atoms with E-state index in [1.165, 1.54) is 0 Å². The Balaban J connectivity index is 1.43. The maximum absolute atomic E-state index is 13.5. The Bertz CT molecular complexity index is 2020. The Hall–Kier alpha value is -5.09. The van der Waals surface area contributed by atoms with Crippen molar-refractivity contribution in [3.05, 3.63) is 93.4 Å².